The van der Waals surface area contributed by atoms with Crippen LogP contribution < -0.4 is 9.62 Å². The summed E-state index contributed by atoms with van der Waals surface area (Å²) in [5, 5.41) is 0.562. The van der Waals surface area contributed by atoms with Gasteiger partial charge >= 0.3 is 0 Å². The summed E-state index contributed by atoms with van der Waals surface area (Å²) in [4.78, 5) is 25.1. The number of hydrogen-bond acceptors (Lipinski definition) is 4. The van der Waals surface area contributed by atoms with E-state index in [9.17, 15) is 18.0 Å². The van der Waals surface area contributed by atoms with E-state index in [1.165, 1.54) is 36.1 Å². The molecule has 0 aromatic heterocycles. The fraction of sp³-hybridized carbons (Fsp3) is 0.222. The number of ketones is 1. The highest BCUT2D eigenvalue weighted by Gasteiger charge is 2.33. The summed E-state index contributed by atoms with van der Waals surface area (Å²) in [6.45, 7) is 1.66. The van der Waals surface area contributed by atoms with Crippen molar-refractivity contribution in [2.45, 2.75) is 24.3 Å². The first-order valence-electron chi connectivity index (χ1n) is 7.95. The minimum Gasteiger partial charge on any atom is -0.311 e. The molecular weight excluding hydrogens is 376 g/mol. The molecule has 6 nitrogen and oxygen atoms in total. The topological polar surface area (TPSA) is 83.5 Å². The number of benzene rings is 2. The molecule has 2 aromatic carbocycles. The zero-order chi connectivity index (χ0) is 18.9. The SMILES string of the molecule is CC(=O)c1ccc(S(=O)(=O)N[C@@H]2CC(=O)N(c3ccc(Cl)cc3)C2)cc1. The summed E-state index contributed by atoms with van der Waals surface area (Å²) in [5.41, 5.74) is 1.11. The zero-order valence-corrected chi connectivity index (χ0v) is 15.5. The molecule has 3 rings (SSSR count). The van der Waals surface area contributed by atoms with Crippen molar-refractivity contribution in [2.24, 2.45) is 0 Å². The Morgan fingerprint density at radius 3 is 2.31 bits per heavy atom. The van der Waals surface area contributed by atoms with E-state index in [4.69, 9.17) is 11.6 Å². The molecular formula is C18H17ClN2O4S. The molecule has 0 bridgehead atoms. The Bertz CT molecular complexity index is 940. The second-order valence-corrected chi connectivity index (χ2v) is 8.23. The lowest BCUT2D eigenvalue weighted by atomic mass is 10.2. The highest BCUT2D eigenvalue weighted by atomic mass is 35.5. The standard InChI is InChI=1S/C18H17ClN2O4S/c1-12(22)13-2-8-17(9-3-13)26(24,25)20-15-10-18(23)21(11-15)16-6-4-14(19)5-7-16/h2-9,15,20H,10-11H2,1H3/t15-/m1/s1. The van der Waals surface area contributed by atoms with Crippen LogP contribution in [0.15, 0.2) is 53.4 Å². The summed E-state index contributed by atoms with van der Waals surface area (Å²) in [6, 6.07) is 12.0. The maximum atomic E-state index is 12.5. The largest absolute Gasteiger partial charge is 0.311 e. The Kier molecular flexibility index (Phi) is 5.13. The molecule has 0 saturated carbocycles. The molecule has 1 N–H and O–H groups in total. The van der Waals surface area contributed by atoms with Gasteiger partial charge in [-0.05, 0) is 43.3 Å². The van der Waals surface area contributed by atoms with Crippen molar-refractivity contribution in [1.82, 2.24) is 4.72 Å². The molecule has 1 aliphatic heterocycles. The molecule has 2 aromatic rings. The third-order valence-corrected chi connectivity index (χ3v) is 5.94. The minimum absolute atomic E-state index is 0.0555. The van der Waals surface area contributed by atoms with E-state index >= 15 is 0 Å². The molecule has 1 fully saturated rings. The fourth-order valence-electron chi connectivity index (χ4n) is 2.81. The first kappa shape index (κ1) is 18.6. The van der Waals surface area contributed by atoms with E-state index in [0.717, 1.165) is 0 Å². The Labute approximate surface area is 156 Å². The van der Waals surface area contributed by atoms with Gasteiger partial charge in [0.05, 0.1) is 4.90 Å². The van der Waals surface area contributed by atoms with E-state index in [-0.39, 0.29) is 29.6 Å². The van der Waals surface area contributed by atoms with Crippen molar-refractivity contribution in [2.75, 3.05) is 11.4 Å². The smallest absolute Gasteiger partial charge is 0.240 e. The monoisotopic (exact) mass is 392 g/mol. The van der Waals surface area contributed by atoms with Gasteiger partial charge in [0, 0.05) is 35.3 Å². The van der Waals surface area contributed by atoms with Gasteiger partial charge in [-0.15, -0.1) is 0 Å². The molecule has 1 heterocycles. The summed E-state index contributed by atoms with van der Waals surface area (Å²) in [7, 11) is -3.78. The molecule has 1 saturated heterocycles. The van der Waals surface area contributed by atoms with Crippen LogP contribution in [0, 0.1) is 0 Å². The number of rotatable bonds is 5. The van der Waals surface area contributed by atoms with Gasteiger partial charge in [-0.2, -0.15) is 0 Å². The number of sulfonamides is 1. The number of halogens is 1. The van der Waals surface area contributed by atoms with Crippen molar-refractivity contribution < 1.29 is 18.0 Å². The molecule has 1 atom stereocenters. The van der Waals surface area contributed by atoms with Crippen LogP contribution in [0.3, 0.4) is 0 Å². The maximum absolute atomic E-state index is 12.5. The van der Waals surface area contributed by atoms with Gasteiger partial charge in [-0.1, -0.05) is 23.7 Å². The number of Topliss-reactive ketones (excluding diaryl/α,β-unsaturated/α-hetero) is 1. The number of amides is 1. The predicted octanol–water partition coefficient (Wildman–Crippen LogP) is 2.63. The average Bonchev–Trinajstić information content (AvgIpc) is 2.95. The van der Waals surface area contributed by atoms with Crippen LogP contribution >= 0.6 is 11.6 Å². The van der Waals surface area contributed by atoms with Crippen LogP contribution in [0.4, 0.5) is 5.69 Å². The van der Waals surface area contributed by atoms with Crippen LogP contribution in [0.2, 0.25) is 5.02 Å². The normalized spacial score (nSPS) is 17.5. The van der Waals surface area contributed by atoms with Crippen LogP contribution in [0.5, 0.6) is 0 Å². The summed E-state index contributed by atoms with van der Waals surface area (Å²) < 4.78 is 27.6. The molecule has 136 valence electrons. The average molecular weight is 393 g/mol. The van der Waals surface area contributed by atoms with Gasteiger partial charge in [0.25, 0.3) is 0 Å². The molecule has 26 heavy (non-hydrogen) atoms. The van der Waals surface area contributed by atoms with Crippen LogP contribution in [0.25, 0.3) is 0 Å². The third kappa shape index (κ3) is 3.95. The van der Waals surface area contributed by atoms with E-state index in [1.807, 2.05) is 0 Å². The van der Waals surface area contributed by atoms with Crippen LogP contribution in [-0.2, 0) is 14.8 Å². The third-order valence-electron chi connectivity index (χ3n) is 4.16. The molecule has 8 heteroatoms. The van der Waals surface area contributed by atoms with E-state index in [2.05, 4.69) is 4.72 Å². The lowest BCUT2D eigenvalue weighted by Crippen LogP contribution is -2.37. The van der Waals surface area contributed by atoms with Crippen molar-refractivity contribution in [3.63, 3.8) is 0 Å². The highest BCUT2D eigenvalue weighted by molar-refractivity contribution is 7.89. The van der Waals surface area contributed by atoms with E-state index in [0.29, 0.717) is 16.3 Å². The summed E-state index contributed by atoms with van der Waals surface area (Å²) in [5.74, 6) is -0.297. The second kappa shape index (κ2) is 7.19. The van der Waals surface area contributed by atoms with Crippen molar-refractivity contribution in [3.8, 4) is 0 Å². The summed E-state index contributed by atoms with van der Waals surface area (Å²) >= 11 is 5.85. The summed E-state index contributed by atoms with van der Waals surface area (Å²) in [6.07, 6.45) is 0.0768. The molecule has 0 aliphatic carbocycles. The molecule has 0 radical (unpaired) electrons. The van der Waals surface area contributed by atoms with Gasteiger partial charge < -0.3 is 4.90 Å². The number of carbonyl (C=O) groups is 2. The Hall–Kier alpha value is -2.22. The van der Waals surface area contributed by atoms with Crippen LogP contribution in [0.1, 0.15) is 23.7 Å². The number of nitrogens with zero attached hydrogens (tertiary/aromatic N) is 1. The van der Waals surface area contributed by atoms with Gasteiger partial charge in [0.1, 0.15) is 0 Å². The van der Waals surface area contributed by atoms with Gasteiger partial charge in [-0.25, -0.2) is 13.1 Å². The van der Waals surface area contributed by atoms with Crippen molar-refractivity contribution >= 4 is 39.0 Å². The molecule has 1 amide bonds. The number of carbonyl (C=O) groups excluding carboxylic acids is 2. The van der Waals surface area contributed by atoms with Crippen molar-refractivity contribution in [1.29, 1.82) is 0 Å². The fourth-order valence-corrected chi connectivity index (χ4v) is 4.17. The lowest BCUT2D eigenvalue weighted by molar-refractivity contribution is -0.117. The van der Waals surface area contributed by atoms with E-state index in [1.54, 1.807) is 24.3 Å². The quantitative estimate of drug-likeness (QED) is 0.793. The lowest BCUT2D eigenvalue weighted by Gasteiger charge is -2.17. The predicted molar refractivity (Wildman–Crippen MR) is 99.0 cm³/mol. The van der Waals surface area contributed by atoms with Gasteiger partial charge in [-0.3, -0.25) is 9.59 Å². The first-order valence-corrected chi connectivity index (χ1v) is 9.81. The first-order chi connectivity index (χ1) is 12.3. The van der Waals surface area contributed by atoms with Crippen LogP contribution in [-0.4, -0.2) is 32.7 Å². The Morgan fingerprint density at radius 2 is 1.73 bits per heavy atom. The number of anilines is 1. The number of nitrogens with one attached hydrogen (secondary N) is 1. The maximum Gasteiger partial charge on any atom is 0.240 e. The number of hydrogen-bond donors (Lipinski definition) is 1. The Balaban J connectivity index is 1.73. The minimum atomic E-state index is -3.78. The molecule has 0 unspecified atom stereocenters. The van der Waals surface area contributed by atoms with E-state index < -0.39 is 16.1 Å². The zero-order valence-electron chi connectivity index (χ0n) is 14.0. The molecule has 0 spiro atoms. The molecule has 1 aliphatic rings. The Morgan fingerprint density at radius 1 is 1.12 bits per heavy atom. The van der Waals surface area contributed by atoms with Crippen molar-refractivity contribution in [3.05, 3.63) is 59.1 Å². The van der Waals surface area contributed by atoms with Gasteiger partial charge in [0.15, 0.2) is 5.78 Å². The second-order valence-electron chi connectivity index (χ2n) is 6.08. The van der Waals surface area contributed by atoms with Gasteiger partial charge in [0.2, 0.25) is 15.9 Å². The highest BCUT2D eigenvalue weighted by Crippen LogP contribution is 2.24.